The van der Waals surface area contributed by atoms with Crippen molar-refractivity contribution in [1.82, 2.24) is 15.1 Å². The van der Waals surface area contributed by atoms with Crippen molar-refractivity contribution in [2.24, 2.45) is 0 Å². The van der Waals surface area contributed by atoms with E-state index in [1.54, 1.807) is 19.9 Å². The van der Waals surface area contributed by atoms with E-state index in [2.05, 4.69) is 10.4 Å². The Morgan fingerprint density at radius 2 is 2.09 bits per heavy atom. The molecule has 0 aliphatic heterocycles. The third kappa shape index (κ3) is 3.87. The van der Waals surface area contributed by atoms with Gasteiger partial charge in [0.2, 0.25) is 5.91 Å². The van der Waals surface area contributed by atoms with Crippen LogP contribution in [0.25, 0.3) is 0 Å². The van der Waals surface area contributed by atoms with Gasteiger partial charge in [-0.25, -0.2) is 9.18 Å². The number of aromatic nitrogens is 2. The van der Waals surface area contributed by atoms with Crippen molar-refractivity contribution >= 4 is 23.5 Å². The first-order chi connectivity index (χ1) is 10.7. The maximum absolute atomic E-state index is 14.1. The molecule has 0 spiro atoms. The number of carboxylic acid groups (broad SMARTS) is 1. The zero-order valence-electron chi connectivity index (χ0n) is 12.5. The number of nitrogens with one attached hydrogen (secondary N) is 1. The molecule has 0 saturated carbocycles. The van der Waals surface area contributed by atoms with Crippen LogP contribution in [0, 0.1) is 5.82 Å². The molecule has 2 aromatic rings. The number of hydrogen-bond acceptors (Lipinski definition) is 3. The predicted molar refractivity (Wildman–Crippen MR) is 81.8 cm³/mol. The third-order valence-electron chi connectivity index (χ3n) is 3.24. The average molecular weight is 340 g/mol. The van der Waals surface area contributed by atoms with Crippen molar-refractivity contribution in [3.05, 3.63) is 52.6 Å². The SMILES string of the molecule is CC(C)(NC(=O)Cn1ccc(C(=O)O)n1)c1cccc(Cl)c1F. The van der Waals surface area contributed by atoms with Crippen molar-refractivity contribution in [2.45, 2.75) is 25.9 Å². The molecule has 1 heterocycles. The molecule has 0 atom stereocenters. The van der Waals surface area contributed by atoms with E-state index in [4.69, 9.17) is 16.7 Å². The van der Waals surface area contributed by atoms with Gasteiger partial charge in [0, 0.05) is 11.8 Å². The maximum atomic E-state index is 14.1. The number of nitrogens with zero attached hydrogens (tertiary/aromatic N) is 2. The largest absolute Gasteiger partial charge is 0.476 e. The van der Waals surface area contributed by atoms with Crippen LogP contribution in [0.2, 0.25) is 5.02 Å². The van der Waals surface area contributed by atoms with Crippen LogP contribution >= 0.6 is 11.6 Å². The molecule has 23 heavy (non-hydrogen) atoms. The zero-order chi connectivity index (χ0) is 17.2. The highest BCUT2D eigenvalue weighted by molar-refractivity contribution is 6.30. The Labute approximate surface area is 136 Å². The van der Waals surface area contributed by atoms with Crippen LogP contribution in [-0.4, -0.2) is 26.8 Å². The van der Waals surface area contributed by atoms with Crippen LogP contribution in [0.5, 0.6) is 0 Å². The van der Waals surface area contributed by atoms with E-state index >= 15 is 0 Å². The topological polar surface area (TPSA) is 84.2 Å². The Kier molecular flexibility index (Phi) is 4.70. The predicted octanol–water partition coefficient (Wildman–Crippen LogP) is 2.43. The second kappa shape index (κ2) is 6.37. The highest BCUT2D eigenvalue weighted by atomic mass is 35.5. The lowest BCUT2D eigenvalue weighted by molar-refractivity contribution is -0.123. The Hall–Kier alpha value is -2.41. The van der Waals surface area contributed by atoms with Crippen molar-refractivity contribution in [3.63, 3.8) is 0 Å². The van der Waals surface area contributed by atoms with Crippen LogP contribution in [0.15, 0.2) is 30.5 Å². The van der Waals surface area contributed by atoms with Gasteiger partial charge in [-0.3, -0.25) is 9.48 Å². The number of halogens is 2. The molecule has 0 bridgehead atoms. The Balaban J connectivity index is 2.11. The second-order valence-corrected chi connectivity index (χ2v) is 5.89. The van der Waals surface area contributed by atoms with Crippen LogP contribution in [0.3, 0.4) is 0 Å². The third-order valence-corrected chi connectivity index (χ3v) is 3.53. The average Bonchev–Trinajstić information content (AvgIpc) is 2.89. The lowest BCUT2D eigenvalue weighted by Crippen LogP contribution is -2.43. The minimum atomic E-state index is -1.18. The van der Waals surface area contributed by atoms with E-state index in [1.807, 2.05) is 0 Å². The first-order valence-electron chi connectivity index (χ1n) is 6.73. The van der Waals surface area contributed by atoms with E-state index < -0.39 is 23.2 Å². The number of rotatable bonds is 5. The molecule has 0 radical (unpaired) electrons. The fourth-order valence-corrected chi connectivity index (χ4v) is 2.33. The first kappa shape index (κ1) is 17.0. The van der Waals surface area contributed by atoms with Crippen LogP contribution in [0.1, 0.15) is 29.9 Å². The zero-order valence-corrected chi connectivity index (χ0v) is 13.3. The van der Waals surface area contributed by atoms with E-state index in [-0.39, 0.29) is 22.8 Å². The van der Waals surface area contributed by atoms with Gasteiger partial charge in [0.25, 0.3) is 0 Å². The summed E-state index contributed by atoms with van der Waals surface area (Å²) in [6.07, 6.45) is 1.38. The molecule has 8 heteroatoms. The van der Waals surface area contributed by atoms with E-state index in [0.717, 1.165) is 0 Å². The summed E-state index contributed by atoms with van der Waals surface area (Å²) < 4.78 is 15.3. The Bertz CT molecular complexity index is 758. The summed E-state index contributed by atoms with van der Waals surface area (Å²) in [5, 5.41) is 15.2. The number of benzene rings is 1. The minimum absolute atomic E-state index is 0.0250. The normalized spacial score (nSPS) is 11.3. The van der Waals surface area contributed by atoms with Gasteiger partial charge in [0.1, 0.15) is 12.4 Å². The van der Waals surface area contributed by atoms with E-state index in [1.165, 1.54) is 29.1 Å². The number of carbonyl (C=O) groups is 2. The van der Waals surface area contributed by atoms with Gasteiger partial charge < -0.3 is 10.4 Å². The van der Waals surface area contributed by atoms with Gasteiger partial charge in [0.15, 0.2) is 5.69 Å². The summed E-state index contributed by atoms with van der Waals surface area (Å²) in [5.41, 5.74) is -0.891. The molecule has 2 rings (SSSR count). The summed E-state index contributed by atoms with van der Waals surface area (Å²) in [5.74, 6) is -2.20. The van der Waals surface area contributed by atoms with Crippen LogP contribution < -0.4 is 5.32 Å². The summed E-state index contributed by atoms with van der Waals surface area (Å²) >= 11 is 5.76. The second-order valence-electron chi connectivity index (χ2n) is 5.48. The minimum Gasteiger partial charge on any atom is -0.476 e. The molecule has 1 amide bonds. The standard InChI is InChI=1S/C15H15ClFN3O3/c1-15(2,9-4-3-5-10(16)13(9)17)18-12(21)8-20-7-6-11(19-20)14(22)23/h3-7H,8H2,1-2H3,(H,18,21)(H,22,23). The van der Waals surface area contributed by atoms with Gasteiger partial charge in [-0.15, -0.1) is 0 Å². The van der Waals surface area contributed by atoms with Gasteiger partial charge in [0.05, 0.1) is 10.6 Å². The number of aromatic carboxylic acids is 1. The molecular weight excluding hydrogens is 325 g/mol. The van der Waals surface area contributed by atoms with Crippen molar-refractivity contribution in [1.29, 1.82) is 0 Å². The molecule has 0 aliphatic carbocycles. The van der Waals surface area contributed by atoms with Gasteiger partial charge >= 0.3 is 5.97 Å². The van der Waals surface area contributed by atoms with Crippen molar-refractivity contribution in [3.8, 4) is 0 Å². The monoisotopic (exact) mass is 339 g/mol. The fourth-order valence-electron chi connectivity index (χ4n) is 2.15. The van der Waals surface area contributed by atoms with Gasteiger partial charge in [-0.2, -0.15) is 5.10 Å². The highest BCUT2D eigenvalue weighted by Crippen LogP contribution is 2.27. The van der Waals surface area contributed by atoms with Gasteiger partial charge in [-0.05, 0) is 26.0 Å². The van der Waals surface area contributed by atoms with Crippen molar-refractivity contribution in [2.75, 3.05) is 0 Å². The summed E-state index contributed by atoms with van der Waals surface area (Å²) in [6.45, 7) is 3.11. The summed E-state index contributed by atoms with van der Waals surface area (Å²) in [4.78, 5) is 22.9. The molecule has 122 valence electrons. The number of carbonyl (C=O) groups excluding carboxylic acids is 1. The van der Waals surface area contributed by atoms with E-state index in [0.29, 0.717) is 0 Å². The Morgan fingerprint density at radius 1 is 1.39 bits per heavy atom. The molecular formula is C15H15ClFN3O3. The Morgan fingerprint density at radius 3 is 2.70 bits per heavy atom. The maximum Gasteiger partial charge on any atom is 0.356 e. The van der Waals surface area contributed by atoms with Gasteiger partial charge in [-0.1, -0.05) is 23.7 Å². The summed E-state index contributed by atoms with van der Waals surface area (Å²) in [6, 6.07) is 5.85. The summed E-state index contributed by atoms with van der Waals surface area (Å²) in [7, 11) is 0. The lowest BCUT2D eigenvalue weighted by atomic mass is 9.93. The number of amides is 1. The molecule has 0 fully saturated rings. The molecule has 1 aromatic carbocycles. The van der Waals surface area contributed by atoms with Crippen molar-refractivity contribution < 1.29 is 19.1 Å². The fraction of sp³-hybridized carbons (Fsp3) is 0.267. The molecule has 6 nitrogen and oxygen atoms in total. The molecule has 0 saturated heterocycles. The number of hydrogen-bond donors (Lipinski definition) is 2. The highest BCUT2D eigenvalue weighted by Gasteiger charge is 2.27. The molecule has 0 unspecified atom stereocenters. The first-order valence-corrected chi connectivity index (χ1v) is 7.11. The molecule has 1 aromatic heterocycles. The van der Waals surface area contributed by atoms with Crippen LogP contribution in [-0.2, 0) is 16.9 Å². The number of carboxylic acids is 1. The van der Waals surface area contributed by atoms with E-state index in [9.17, 15) is 14.0 Å². The molecule has 2 N–H and O–H groups in total. The quantitative estimate of drug-likeness (QED) is 0.876. The smallest absolute Gasteiger partial charge is 0.356 e. The molecule has 0 aliphatic rings. The van der Waals surface area contributed by atoms with Crippen LogP contribution in [0.4, 0.5) is 4.39 Å². The lowest BCUT2D eigenvalue weighted by Gasteiger charge is -2.27.